The molecule has 3 aromatic rings. The molecule has 0 saturated heterocycles. The molecule has 0 aliphatic heterocycles. The number of methoxy groups -OCH3 is 1. The van der Waals surface area contributed by atoms with Gasteiger partial charge in [0.25, 0.3) is 0 Å². The summed E-state index contributed by atoms with van der Waals surface area (Å²) < 4.78 is 28.8. The first-order valence-electron chi connectivity index (χ1n) is 8.88. The number of fused-ring (bicyclic) bond motifs is 1. The minimum atomic E-state index is -2.95. The predicted octanol–water partition coefficient (Wildman–Crippen LogP) is 4.31. The van der Waals surface area contributed by atoms with Crippen LogP contribution < -0.4 is 14.8 Å². The van der Waals surface area contributed by atoms with Gasteiger partial charge in [-0.3, -0.25) is 4.98 Å². The molecule has 140 valence electrons. The van der Waals surface area contributed by atoms with Gasteiger partial charge in [-0.25, -0.2) is 13.7 Å². The molecule has 1 saturated carbocycles. The summed E-state index contributed by atoms with van der Waals surface area (Å²) in [6, 6.07) is 14.8. The summed E-state index contributed by atoms with van der Waals surface area (Å²) >= 11 is 0. The molecule has 0 spiro atoms. The van der Waals surface area contributed by atoms with Crippen LogP contribution in [0, 0.1) is 10.7 Å². The van der Waals surface area contributed by atoms with Crippen LogP contribution in [0.3, 0.4) is 0 Å². The molecule has 3 N–H and O–H groups in total. The number of hydrogen-bond acceptors (Lipinski definition) is 5. The van der Waals surface area contributed by atoms with Crippen LogP contribution in [-0.2, 0) is 9.92 Å². The standard InChI is InChI=1S/C20H22N4O2S/c1-26-16-6-9-18-19(10-11-22-20(18)12-16)24-15-4-7-17(8-5-15)27(21,25)23-13-14-2-3-14/h4-12,14H,2-3,13H2,1H3,(H,22,24)(H2,21,23,25). The third-order valence-corrected chi connectivity index (χ3v) is 6.20. The second-order valence-electron chi connectivity index (χ2n) is 6.74. The van der Waals surface area contributed by atoms with Crippen LogP contribution in [0.1, 0.15) is 12.8 Å². The Morgan fingerprint density at radius 1 is 1.19 bits per heavy atom. The number of nitrogens with zero attached hydrogens (tertiary/aromatic N) is 1. The van der Waals surface area contributed by atoms with Gasteiger partial charge in [0.1, 0.15) is 15.7 Å². The second kappa shape index (κ2) is 7.17. The van der Waals surface area contributed by atoms with E-state index in [2.05, 4.69) is 15.0 Å². The maximum Gasteiger partial charge on any atom is 0.134 e. The number of aromatic nitrogens is 1. The van der Waals surface area contributed by atoms with E-state index in [4.69, 9.17) is 9.52 Å². The Morgan fingerprint density at radius 3 is 2.67 bits per heavy atom. The molecule has 1 atom stereocenters. The van der Waals surface area contributed by atoms with Crippen molar-refractivity contribution in [3.05, 3.63) is 54.7 Å². The highest BCUT2D eigenvalue weighted by Gasteiger charge is 2.22. The SMILES string of the molecule is COc1ccc2c(Nc3ccc(S(=N)(=O)NCC4CC4)cc3)ccnc2c1. The van der Waals surface area contributed by atoms with Crippen LogP contribution in [0.15, 0.2) is 59.6 Å². The van der Waals surface area contributed by atoms with Crippen LogP contribution in [0.2, 0.25) is 0 Å². The summed E-state index contributed by atoms with van der Waals surface area (Å²) in [5, 5.41) is 4.35. The third kappa shape index (κ3) is 4.04. The lowest BCUT2D eigenvalue weighted by Gasteiger charge is -2.12. The maximum atomic E-state index is 12.5. The van der Waals surface area contributed by atoms with Crippen molar-refractivity contribution < 1.29 is 8.95 Å². The fraction of sp³-hybridized carbons (Fsp3) is 0.250. The van der Waals surface area contributed by atoms with Crippen molar-refractivity contribution >= 4 is 32.2 Å². The summed E-state index contributed by atoms with van der Waals surface area (Å²) in [4.78, 5) is 4.89. The molecule has 0 bridgehead atoms. The molecule has 1 aliphatic carbocycles. The first-order chi connectivity index (χ1) is 13.0. The average Bonchev–Trinajstić information content (AvgIpc) is 3.51. The van der Waals surface area contributed by atoms with Crippen LogP contribution in [0.4, 0.5) is 11.4 Å². The highest BCUT2D eigenvalue weighted by molar-refractivity contribution is 7.90. The minimum absolute atomic E-state index is 0.498. The van der Waals surface area contributed by atoms with Gasteiger partial charge in [0, 0.05) is 35.6 Å². The van der Waals surface area contributed by atoms with Crippen molar-refractivity contribution in [2.24, 2.45) is 5.92 Å². The number of nitrogens with one attached hydrogen (secondary N) is 3. The molecule has 2 aromatic carbocycles. The lowest BCUT2D eigenvalue weighted by atomic mass is 10.1. The smallest absolute Gasteiger partial charge is 0.134 e. The Balaban J connectivity index is 1.54. The summed E-state index contributed by atoms with van der Waals surface area (Å²) in [6.45, 7) is 0.648. The summed E-state index contributed by atoms with van der Waals surface area (Å²) in [5.74, 6) is 1.34. The van der Waals surface area contributed by atoms with Gasteiger partial charge in [0.05, 0.1) is 17.5 Å². The van der Waals surface area contributed by atoms with E-state index in [-0.39, 0.29) is 0 Å². The number of ether oxygens (including phenoxy) is 1. The van der Waals surface area contributed by atoms with E-state index in [1.165, 1.54) is 0 Å². The quantitative estimate of drug-likeness (QED) is 0.568. The first kappa shape index (κ1) is 17.8. The molecule has 0 radical (unpaired) electrons. The fourth-order valence-electron chi connectivity index (χ4n) is 2.89. The Bertz CT molecular complexity index is 1060. The molecule has 1 unspecified atom stereocenters. The van der Waals surface area contributed by atoms with Gasteiger partial charge in [-0.2, -0.15) is 0 Å². The van der Waals surface area contributed by atoms with E-state index < -0.39 is 9.92 Å². The highest BCUT2D eigenvalue weighted by Crippen LogP contribution is 2.29. The fourth-order valence-corrected chi connectivity index (χ4v) is 4.05. The van der Waals surface area contributed by atoms with Crippen LogP contribution in [0.25, 0.3) is 10.9 Å². The monoisotopic (exact) mass is 382 g/mol. The number of benzene rings is 2. The van der Waals surface area contributed by atoms with E-state index in [9.17, 15) is 4.21 Å². The van der Waals surface area contributed by atoms with Crippen molar-refractivity contribution in [1.29, 1.82) is 4.78 Å². The maximum absolute atomic E-state index is 12.5. The van der Waals surface area contributed by atoms with E-state index in [1.54, 1.807) is 25.4 Å². The Labute approximate surface area is 159 Å². The molecule has 6 nitrogen and oxygen atoms in total. The largest absolute Gasteiger partial charge is 0.497 e. The van der Waals surface area contributed by atoms with E-state index >= 15 is 0 Å². The van der Waals surface area contributed by atoms with Gasteiger partial charge in [0.2, 0.25) is 0 Å². The van der Waals surface area contributed by atoms with Crippen LogP contribution in [0.5, 0.6) is 5.75 Å². The lowest BCUT2D eigenvalue weighted by molar-refractivity contribution is 0.415. The summed E-state index contributed by atoms with van der Waals surface area (Å²) in [6.07, 6.45) is 4.07. The van der Waals surface area contributed by atoms with Crippen molar-refractivity contribution in [2.45, 2.75) is 17.7 Å². The van der Waals surface area contributed by atoms with Gasteiger partial charge < -0.3 is 10.1 Å². The molecule has 1 fully saturated rings. The van der Waals surface area contributed by atoms with E-state index in [1.807, 2.05) is 36.4 Å². The van der Waals surface area contributed by atoms with Crippen molar-refractivity contribution in [3.63, 3.8) is 0 Å². The zero-order chi connectivity index (χ0) is 18.9. The number of anilines is 2. The summed E-state index contributed by atoms with van der Waals surface area (Å²) in [7, 11) is -1.32. The topological polar surface area (TPSA) is 87.1 Å². The number of hydrogen-bond donors (Lipinski definition) is 3. The molecule has 4 rings (SSSR count). The van der Waals surface area contributed by atoms with Gasteiger partial charge in [-0.1, -0.05) is 0 Å². The second-order valence-corrected chi connectivity index (χ2v) is 8.61. The highest BCUT2D eigenvalue weighted by atomic mass is 32.2. The first-order valence-corrected chi connectivity index (χ1v) is 10.4. The summed E-state index contributed by atoms with van der Waals surface area (Å²) in [5.41, 5.74) is 2.63. The van der Waals surface area contributed by atoms with Gasteiger partial charge in [-0.15, -0.1) is 0 Å². The molecule has 7 heteroatoms. The lowest BCUT2D eigenvalue weighted by Crippen LogP contribution is -2.24. The molecule has 27 heavy (non-hydrogen) atoms. The molecular formula is C20H22N4O2S. The van der Waals surface area contributed by atoms with Crippen LogP contribution >= 0.6 is 0 Å². The predicted molar refractivity (Wildman–Crippen MR) is 108 cm³/mol. The Morgan fingerprint density at radius 2 is 1.96 bits per heavy atom. The molecule has 1 aliphatic rings. The van der Waals surface area contributed by atoms with Crippen LogP contribution in [-0.4, -0.2) is 22.8 Å². The van der Waals surface area contributed by atoms with Gasteiger partial charge >= 0.3 is 0 Å². The molecule has 1 aromatic heterocycles. The van der Waals surface area contributed by atoms with E-state index in [0.717, 1.165) is 40.9 Å². The Hall–Kier alpha value is -2.64. The van der Waals surface area contributed by atoms with Gasteiger partial charge in [-0.05, 0) is 61.2 Å². The Kier molecular flexibility index (Phi) is 4.72. The molecule has 0 amide bonds. The average molecular weight is 382 g/mol. The third-order valence-electron chi connectivity index (χ3n) is 4.69. The minimum Gasteiger partial charge on any atom is -0.497 e. The van der Waals surface area contributed by atoms with E-state index in [0.29, 0.717) is 17.4 Å². The normalized spacial score (nSPS) is 16.0. The van der Waals surface area contributed by atoms with Crippen molar-refractivity contribution in [1.82, 2.24) is 9.71 Å². The molecular weight excluding hydrogens is 360 g/mol. The number of pyridine rings is 1. The van der Waals surface area contributed by atoms with Crippen molar-refractivity contribution in [2.75, 3.05) is 19.0 Å². The van der Waals surface area contributed by atoms with Crippen molar-refractivity contribution in [3.8, 4) is 5.75 Å². The zero-order valence-electron chi connectivity index (χ0n) is 15.1. The van der Waals surface area contributed by atoms with Gasteiger partial charge in [0.15, 0.2) is 0 Å². The number of rotatable bonds is 7. The zero-order valence-corrected chi connectivity index (χ0v) is 15.9. The molecule has 1 heterocycles.